The fourth-order valence-corrected chi connectivity index (χ4v) is 3.59. The average molecular weight is 383 g/mol. The number of nitrogens with one attached hydrogen (secondary N) is 1. The van der Waals surface area contributed by atoms with E-state index in [4.69, 9.17) is 9.51 Å². The average Bonchev–Trinajstić information content (AvgIpc) is 3.37. The van der Waals surface area contributed by atoms with Crippen LogP contribution < -0.4 is 5.56 Å². The van der Waals surface area contributed by atoms with Crippen LogP contribution in [0.1, 0.15) is 56.7 Å². The van der Waals surface area contributed by atoms with Crippen molar-refractivity contribution < 1.29 is 9.32 Å². The summed E-state index contributed by atoms with van der Waals surface area (Å²) in [6.45, 7) is 7.53. The van der Waals surface area contributed by atoms with Gasteiger partial charge in [-0.1, -0.05) is 25.9 Å². The van der Waals surface area contributed by atoms with Crippen molar-refractivity contribution in [2.45, 2.75) is 51.4 Å². The lowest BCUT2D eigenvalue weighted by molar-refractivity contribution is -0.130. The van der Waals surface area contributed by atoms with Crippen LogP contribution in [-0.4, -0.2) is 43.7 Å². The van der Waals surface area contributed by atoms with Crippen molar-refractivity contribution in [2.24, 2.45) is 0 Å². The van der Waals surface area contributed by atoms with Crippen LogP contribution in [0.4, 0.5) is 0 Å². The SMILES string of the molecule is CC(C)(C)c1cc2nc(C3CCN(C(=O)CCc4ccno4)C3)cc(=O)n2[nH]1. The maximum Gasteiger partial charge on any atom is 0.272 e. The number of carbonyl (C=O) groups excluding carboxylic acids is 1. The summed E-state index contributed by atoms with van der Waals surface area (Å²) < 4.78 is 6.53. The van der Waals surface area contributed by atoms with E-state index < -0.39 is 0 Å². The number of hydrogen-bond donors (Lipinski definition) is 1. The molecule has 0 aromatic carbocycles. The molecule has 28 heavy (non-hydrogen) atoms. The molecule has 1 atom stereocenters. The molecule has 3 aromatic heterocycles. The highest BCUT2D eigenvalue weighted by molar-refractivity contribution is 5.76. The van der Waals surface area contributed by atoms with E-state index in [2.05, 4.69) is 31.0 Å². The van der Waals surface area contributed by atoms with Crippen LogP contribution in [0, 0.1) is 0 Å². The molecule has 0 bridgehead atoms. The first-order valence-corrected chi connectivity index (χ1v) is 9.62. The first-order chi connectivity index (χ1) is 13.3. The molecule has 0 spiro atoms. The Kier molecular flexibility index (Phi) is 4.56. The lowest BCUT2D eigenvalue weighted by atomic mass is 9.93. The van der Waals surface area contributed by atoms with Crippen LogP contribution in [0.25, 0.3) is 5.65 Å². The van der Waals surface area contributed by atoms with Crippen LogP contribution in [0.15, 0.2) is 33.7 Å². The van der Waals surface area contributed by atoms with Gasteiger partial charge < -0.3 is 9.42 Å². The zero-order valence-electron chi connectivity index (χ0n) is 16.4. The van der Waals surface area contributed by atoms with Gasteiger partial charge in [-0.2, -0.15) is 0 Å². The van der Waals surface area contributed by atoms with Gasteiger partial charge in [0, 0.05) is 61.2 Å². The molecule has 3 aromatic rings. The number of aromatic amines is 1. The largest absolute Gasteiger partial charge is 0.361 e. The molecule has 8 nitrogen and oxygen atoms in total. The molecular formula is C20H25N5O3. The summed E-state index contributed by atoms with van der Waals surface area (Å²) in [5, 5.41) is 6.80. The standard InChI is InChI=1S/C20H25N5O3/c1-20(2,3)16-11-17-22-15(10-19(27)25(17)23-16)13-7-9-24(12-13)18(26)5-4-14-6-8-21-28-14/h6,8,10-11,13,23H,4-5,7,9,12H2,1-3H3. The summed E-state index contributed by atoms with van der Waals surface area (Å²) in [7, 11) is 0. The first kappa shape index (κ1) is 18.5. The number of likely N-dealkylation sites (tertiary alicyclic amines) is 1. The van der Waals surface area contributed by atoms with E-state index >= 15 is 0 Å². The van der Waals surface area contributed by atoms with E-state index in [-0.39, 0.29) is 22.8 Å². The Balaban J connectivity index is 1.48. The smallest absolute Gasteiger partial charge is 0.272 e. The van der Waals surface area contributed by atoms with Crippen molar-refractivity contribution in [2.75, 3.05) is 13.1 Å². The molecule has 1 amide bonds. The molecule has 4 rings (SSSR count). The van der Waals surface area contributed by atoms with Gasteiger partial charge >= 0.3 is 0 Å². The maximum absolute atomic E-state index is 12.5. The number of aryl methyl sites for hydroxylation is 1. The predicted molar refractivity (Wildman–Crippen MR) is 103 cm³/mol. The van der Waals surface area contributed by atoms with Gasteiger partial charge in [-0.05, 0) is 6.42 Å². The van der Waals surface area contributed by atoms with E-state index in [9.17, 15) is 9.59 Å². The molecule has 1 unspecified atom stereocenters. The quantitative estimate of drug-likeness (QED) is 0.745. The van der Waals surface area contributed by atoms with Crippen molar-refractivity contribution in [1.29, 1.82) is 0 Å². The van der Waals surface area contributed by atoms with Crippen molar-refractivity contribution in [1.82, 2.24) is 24.7 Å². The number of carbonyl (C=O) groups is 1. The van der Waals surface area contributed by atoms with Crippen LogP contribution in [0.5, 0.6) is 0 Å². The Morgan fingerprint density at radius 3 is 2.89 bits per heavy atom. The Bertz CT molecular complexity index is 1040. The highest BCUT2D eigenvalue weighted by Gasteiger charge is 2.29. The Hall–Kier alpha value is -2.90. The second-order valence-corrected chi connectivity index (χ2v) is 8.44. The molecular weight excluding hydrogens is 358 g/mol. The fraction of sp³-hybridized carbons (Fsp3) is 0.500. The molecule has 8 heteroatoms. The van der Waals surface area contributed by atoms with E-state index in [0.29, 0.717) is 37.3 Å². The third-order valence-electron chi connectivity index (χ3n) is 5.31. The lowest BCUT2D eigenvalue weighted by Gasteiger charge is -2.16. The molecule has 148 valence electrons. The summed E-state index contributed by atoms with van der Waals surface area (Å²) in [6.07, 6.45) is 3.33. The molecule has 1 N–H and O–H groups in total. The monoisotopic (exact) mass is 383 g/mol. The molecule has 1 aliphatic heterocycles. The first-order valence-electron chi connectivity index (χ1n) is 9.62. The Labute approximate surface area is 162 Å². The number of amides is 1. The number of hydrogen-bond acceptors (Lipinski definition) is 5. The fourth-order valence-electron chi connectivity index (χ4n) is 3.59. The summed E-state index contributed by atoms with van der Waals surface area (Å²) in [5.41, 5.74) is 2.13. The van der Waals surface area contributed by atoms with Gasteiger partial charge in [0.05, 0.1) is 11.9 Å². The van der Waals surface area contributed by atoms with Gasteiger partial charge in [-0.15, -0.1) is 0 Å². The van der Waals surface area contributed by atoms with E-state index in [1.54, 1.807) is 18.3 Å². The topological polar surface area (TPSA) is 96.5 Å². The van der Waals surface area contributed by atoms with Crippen molar-refractivity contribution in [3.05, 3.63) is 51.9 Å². The zero-order chi connectivity index (χ0) is 19.9. The van der Waals surface area contributed by atoms with Gasteiger partial charge in [-0.25, -0.2) is 9.50 Å². The summed E-state index contributed by atoms with van der Waals surface area (Å²) in [6, 6.07) is 5.29. The zero-order valence-corrected chi connectivity index (χ0v) is 16.4. The molecule has 1 aliphatic rings. The van der Waals surface area contributed by atoms with Crippen LogP contribution in [0.2, 0.25) is 0 Å². The highest BCUT2D eigenvalue weighted by atomic mass is 16.5. The van der Waals surface area contributed by atoms with E-state index in [1.165, 1.54) is 4.52 Å². The highest BCUT2D eigenvalue weighted by Crippen LogP contribution is 2.27. The minimum absolute atomic E-state index is 0.0833. The van der Waals surface area contributed by atoms with Crippen LogP contribution >= 0.6 is 0 Å². The van der Waals surface area contributed by atoms with E-state index in [0.717, 1.165) is 17.8 Å². The van der Waals surface area contributed by atoms with Crippen LogP contribution in [-0.2, 0) is 16.6 Å². The van der Waals surface area contributed by atoms with Gasteiger partial charge in [-0.3, -0.25) is 14.7 Å². The molecule has 0 saturated carbocycles. The summed E-state index contributed by atoms with van der Waals surface area (Å²) in [4.78, 5) is 31.6. The van der Waals surface area contributed by atoms with Crippen molar-refractivity contribution in [3.8, 4) is 0 Å². The Morgan fingerprint density at radius 2 is 2.18 bits per heavy atom. The second kappa shape index (κ2) is 6.92. The molecule has 4 heterocycles. The third kappa shape index (κ3) is 3.58. The summed E-state index contributed by atoms with van der Waals surface area (Å²) in [5.74, 6) is 0.889. The minimum Gasteiger partial charge on any atom is -0.361 e. The third-order valence-corrected chi connectivity index (χ3v) is 5.31. The maximum atomic E-state index is 12.5. The number of aromatic nitrogens is 4. The van der Waals surface area contributed by atoms with E-state index in [1.807, 2.05) is 11.0 Å². The summed E-state index contributed by atoms with van der Waals surface area (Å²) >= 11 is 0. The predicted octanol–water partition coefficient (Wildman–Crippen LogP) is 2.26. The molecule has 0 aliphatic carbocycles. The normalized spacial score (nSPS) is 17.5. The molecule has 0 radical (unpaired) electrons. The van der Waals surface area contributed by atoms with Crippen molar-refractivity contribution in [3.63, 3.8) is 0 Å². The van der Waals surface area contributed by atoms with Gasteiger partial charge in [0.25, 0.3) is 5.56 Å². The number of rotatable bonds is 4. The van der Waals surface area contributed by atoms with Crippen LogP contribution in [0.3, 0.4) is 0 Å². The molecule has 1 fully saturated rings. The Morgan fingerprint density at radius 1 is 1.36 bits per heavy atom. The molecule has 1 saturated heterocycles. The second-order valence-electron chi connectivity index (χ2n) is 8.44. The number of fused-ring (bicyclic) bond motifs is 1. The van der Waals surface area contributed by atoms with Gasteiger partial charge in [0.1, 0.15) is 5.76 Å². The number of nitrogens with zero attached hydrogens (tertiary/aromatic N) is 4. The lowest BCUT2D eigenvalue weighted by Crippen LogP contribution is -2.29. The minimum atomic E-state index is -0.120. The van der Waals surface area contributed by atoms with Crippen molar-refractivity contribution >= 4 is 11.6 Å². The number of H-pyrrole nitrogens is 1. The van der Waals surface area contributed by atoms with Gasteiger partial charge in [0.15, 0.2) is 5.65 Å². The van der Waals surface area contributed by atoms with Gasteiger partial charge in [0.2, 0.25) is 5.91 Å².